The van der Waals surface area contributed by atoms with E-state index in [-0.39, 0.29) is 11.6 Å². The smallest absolute Gasteiger partial charge is 0.340 e. The van der Waals surface area contributed by atoms with Crippen LogP contribution in [0.15, 0.2) is 53.9 Å². The number of ether oxygens (including phenoxy) is 1. The maximum Gasteiger partial charge on any atom is 0.340 e. The van der Waals surface area contributed by atoms with Crippen molar-refractivity contribution in [1.82, 2.24) is 9.99 Å². The number of rotatable bonds is 4. The fourth-order valence-corrected chi connectivity index (χ4v) is 3.02. The van der Waals surface area contributed by atoms with Crippen LogP contribution in [0.5, 0.6) is 0 Å². The molecule has 1 aromatic heterocycles. The van der Waals surface area contributed by atoms with Crippen molar-refractivity contribution in [3.8, 4) is 0 Å². The van der Waals surface area contributed by atoms with Gasteiger partial charge in [0.05, 0.1) is 16.2 Å². The summed E-state index contributed by atoms with van der Waals surface area (Å²) in [7, 11) is 1.81. The Kier molecular flexibility index (Phi) is 4.92. The van der Waals surface area contributed by atoms with Gasteiger partial charge in [0.1, 0.15) is 0 Å². The summed E-state index contributed by atoms with van der Waals surface area (Å²) < 4.78 is 5.70. The zero-order chi connectivity index (χ0) is 18.7. The number of non-ortho nitro benzene ring substituents is 1. The lowest BCUT2D eigenvalue weighted by atomic mass is 9.89. The summed E-state index contributed by atoms with van der Waals surface area (Å²) in [5.74, 6) is -0.768. The van der Waals surface area contributed by atoms with Gasteiger partial charge in [-0.05, 0) is 24.6 Å². The van der Waals surface area contributed by atoms with Crippen LogP contribution in [0.3, 0.4) is 0 Å². The van der Waals surface area contributed by atoms with Crippen molar-refractivity contribution in [2.45, 2.75) is 18.9 Å². The molecule has 134 valence electrons. The Morgan fingerprint density at radius 1 is 1.35 bits per heavy atom. The third kappa shape index (κ3) is 3.69. The third-order valence-corrected chi connectivity index (χ3v) is 4.21. The predicted molar refractivity (Wildman–Crippen MR) is 95.0 cm³/mol. The molecule has 1 aliphatic rings. The molecule has 8 nitrogen and oxygen atoms in total. The first-order chi connectivity index (χ1) is 12.5. The van der Waals surface area contributed by atoms with Gasteiger partial charge in [-0.2, -0.15) is 5.10 Å². The van der Waals surface area contributed by atoms with Gasteiger partial charge >= 0.3 is 5.97 Å². The first kappa shape index (κ1) is 17.5. The molecule has 0 spiro atoms. The molecule has 2 heterocycles. The zero-order valence-electron chi connectivity index (χ0n) is 14.4. The van der Waals surface area contributed by atoms with Gasteiger partial charge in [-0.25, -0.2) is 4.79 Å². The molecule has 0 bridgehead atoms. The number of pyridine rings is 1. The van der Waals surface area contributed by atoms with Gasteiger partial charge in [0.2, 0.25) is 0 Å². The molecule has 0 amide bonds. The largest absolute Gasteiger partial charge is 0.452 e. The van der Waals surface area contributed by atoms with E-state index < -0.39 is 17.0 Å². The van der Waals surface area contributed by atoms with Crippen LogP contribution < -0.4 is 0 Å². The summed E-state index contributed by atoms with van der Waals surface area (Å²) >= 11 is 0. The van der Waals surface area contributed by atoms with E-state index in [9.17, 15) is 14.9 Å². The van der Waals surface area contributed by atoms with Crippen LogP contribution in [0.25, 0.3) is 0 Å². The molecule has 3 rings (SSSR count). The second kappa shape index (κ2) is 7.30. The fourth-order valence-electron chi connectivity index (χ4n) is 3.02. The Labute approximate surface area is 150 Å². The highest BCUT2D eigenvalue weighted by molar-refractivity contribution is 5.94. The molecule has 0 radical (unpaired) electrons. The number of carbonyl (C=O) groups is 1. The van der Waals surface area contributed by atoms with Crippen LogP contribution in [-0.4, -0.2) is 46.3 Å². The molecule has 2 unspecified atom stereocenters. The van der Waals surface area contributed by atoms with Gasteiger partial charge < -0.3 is 4.74 Å². The summed E-state index contributed by atoms with van der Waals surface area (Å²) in [5.41, 5.74) is 1.71. The Morgan fingerprint density at radius 2 is 2.15 bits per heavy atom. The first-order valence-electron chi connectivity index (χ1n) is 8.07. The molecular formula is C18H18N4O4. The second-order valence-corrected chi connectivity index (χ2v) is 6.11. The van der Waals surface area contributed by atoms with E-state index in [0.717, 1.165) is 5.56 Å². The van der Waals surface area contributed by atoms with Crippen molar-refractivity contribution in [3.63, 3.8) is 0 Å². The van der Waals surface area contributed by atoms with Gasteiger partial charge in [0.25, 0.3) is 5.69 Å². The molecule has 1 aliphatic heterocycles. The molecule has 1 aromatic carbocycles. The number of nitro benzene ring substituents is 1. The molecule has 2 atom stereocenters. The molecule has 0 saturated heterocycles. The standard InChI is InChI=1S/C18H18N4O4/c1-12-17(26-18(23)14-6-4-8-19-10-14)16(11-21(2)20-12)13-5-3-7-15(9-13)22(24)25/h3-10,16-17H,11H2,1-2H3. The highest BCUT2D eigenvalue weighted by Crippen LogP contribution is 2.30. The zero-order valence-corrected chi connectivity index (χ0v) is 14.4. The lowest BCUT2D eigenvalue weighted by Crippen LogP contribution is -2.42. The predicted octanol–water partition coefficient (Wildman–Crippen LogP) is 2.62. The SMILES string of the molecule is CC1=NN(C)CC(c2cccc([N+](=O)[O-])c2)C1OC(=O)c1cccnc1. The number of nitro groups is 1. The van der Waals surface area contributed by atoms with Crippen LogP contribution in [0.2, 0.25) is 0 Å². The monoisotopic (exact) mass is 354 g/mol. The van der Waals surface area contributed by atoms with Crippen LogP contribution >= 0.6 is 0 Å². The van der Waals surface area contributed by atoms with Crippen molar-refractivity contribution >= 4 is 17.4 Å². The highest BCUT2D eigenvalue weighted by Gasteiger charge is 2.34. The van der Waals surface area contributed by atoms with Crippen LogP contribution in [0.4, 0.5) is 5.69 Å². The van der Waals surface area contributed by atoms with E-state index in [0.29, 0.717) is 17.8 Å². The second-order valence-electron chi connectivity index (χ2n) is 6.11. The number of hydrazone groups is 1. The Morgan fingerprint density at radius 3 is 2.85 bits per heavy atom. The van der Waals surface area contributed by atoms with E-state index in [2.05, 4.69) is 10.1 Å². The van der Waals surface area contributed by atoms with E-state index in [4.69, 9.17) is 4.74 Å². The summed E-state index contributed by atoms with van der Waals surface area (Å²) in [6.45, 7) is 2.25. The Balaban J connectivity index is 1.92. The minimum atomic E-state index is -0.610. The van der Waals surface area contributed by atoms with Crippen molar-refractivity contribution in [3.05, 3.63) is 70.0 Å². The molecule has 0 saturated carbocycles. The molecule has 0 fully saturated rings. The van der Waals surface area contributed by atoms with Crippen molar-refractivity contribution in [2.24, 2.45) is 5.10 Å². The van der Waals surface area contributed by atoms with Crippen molar-refractivity contribution in [2.75, 3.05) is 13.6 Å². The number of benzene rings is 1. The molecule has 0 N–H and O–H groups in total. The lowest BCUT2D eigenvalue weighted by molar-refractivity contribution is -0.384. The number of nitrogens with zero attached hydrogens (tertiary/aromatic N) is 4. The van der Waals surface area contributed by atoms with Gasteiger partial charge in [-0.3, -0.25) is 20.1 Å². The first-order valence-corrected chi connectivity index (χ1v) is 8.07. The normalized spacial score (nSPS) is 19.6. The topological polar surface area (TPSA) is 97.9 Å². The Hall–Kier alpha value is -3.29. The van der Waals surface area contributed by atoms with Crippen molar-refractivity contribution in [1.29, 1.82) is 0 Å². The molecule has 2 aromatic rings. The van der Waals surface area contributed by atoms with E-state index in [1.807, 2.05) is 7.05 Å². The van der Waals surface area contributed by atoms with Crippen LogP contribution in [0.1, 0.15) is 28.8 Å². The van der Waals surface area contributed by atoms with E-state index >= 15 is 0 Å². The molecule has 26 heavy (non-hydrogen) atoms. The fraction of sp³-hybridized carbons (Fsp3) is 0.278. The number of esters is 1. The molecule has 0 aliphatic carbocycles. The minimum absolute atomic E-state index is 0.00246. The van der Waals surface area contributed by atoms with E-state index in [1.165, 1.54) is 18.3 Å². The van der Waals surface area contributed by atoms with Gasteiger partial charge in [0, 0.05) is 44.0 Å². The summed E-state index contributed by atoms with van der Waals surface area (Å²) in [6.07, 6.45) is 2.40. The quantitative estimate of drug-likeness (QED) is 0.475. The van der Waals surface area contributed by atoms with Crippen LogP contribution in [0, 0.1) is 10.1 Å². The van der Waals surface area contributed by atoms with Gasteiger partial charge in [-0.15, -0.1) is 0 Å². The maximum atomic E-state index is 12.5. The number of carbonyl (C=O) groups excluding carboxylic acids is 1. The highest BCUT2D eigenvalue weighted by atomic mass is 16.6. The number of hydrogen-bond donors (Lipinski definition) is 0. The third-order valence-electron chi connectivity index (χ3n) is 4.21. The summed E-state index contributed by atoms with van der Waals surface area (Å²) in [5, 5.41) is 17.2. The lowest BCUT2D eigenvalue weighted by Gasteiger charge is -2.34. The Bertz CT molecular complexity index is 853. The molecule has 8 heteroatoms. The van der Waals surface area contributed by atoms with Gasteiger partial charge in [0.15, 0.2) is 6.10 Å². The van der Waals surface area contributed by atoms with Crippen LogP contribution in [-0.2, 0) is 4.74 Å². The van der Waals surface area contributed by atoms with Gasteiger partial charge in [-0.1, -0.05) is 12.1 Å². The summed E-state index contributed by atoms with van der Waals surface area (Å²) in [4.78, 5) is 27.0. The number of aromatic nitrogens is 1. The minimum Gasteiger partial charge on any atom is -0.452 e. The average molecular weight is 354 g/mol. The van der Waals surface area contributed by atoms with E-state index in [1.54, 1.807) is 42.4 Å². The number of likely N-dealkylation sites (N-methyl/N-ethyl adjacent to an activating group) is 1. The molecular weight excluding hydrogens is 336 g/mol. The maximum absolute atomic E-state index is 12.5. The van der Waals surface area contributed by atoms with Crippen molar-refractivity contribution < 1.29 is 14.5 Å². The number of hydrogen-bond acceptors (Lipinski definition) is 7. The average Bonchev–Trinajstić information content (AvgIpc) is 2.64. The summed E-state index contributed by atoms with van der Waals surface area (Å²) in [6, 6.07) is 9.67.